The number of amides is 1. The fraction of sp³-hybridized carbons (Fsp3) is 0.391. The highest BCUT2D eigenvalue weighted by atomic mass is 16.5. The van der Waals surface area contributed by atoms with Crippen LogP contribution in [-0.4, -0.2) is 51.6 Å². The lowest BCUT2D eigenvalue weighted by Gasteiger charge is -2.27. The molecule has 0 saturated carbocycles. The molecule has 29 heavy (non-hydrogen) atoms. The van der Waals surface area contributed by atoms with Crippen LogP contribution in [0.15, 0.2) is 53.5 Å². The van der Waals surface area contributed by atoms with E-state index >= 15 is 0 Å². The number of benzene rings is 2. The third-order valence-corrected chi connectivity index (χ3v) is 4.86. The van der Waals surface area contributed by atoms with Crippen LogP contribution in [0.2, 0.25) is 0 Å². The Balaban J connectivity index is 1.91. The molecular formula is C23H32N4O2. The van der Waals surface area contributed by atoms with Gasteiger partial charge in [0.25, 0.3) is 5.91 Å². The van der Waals surface area contributed by atoms with Crippen molar-refractivity contribution in [2.24, 2.45) is 4.99 Å². The molecule has 6 heteroatoms. The predicted molar refractivity (Wildman–Crippen MR) is 119 cm³/mol. The van der Waals surface area contributed by atoms with Gasteiger partial charge in [0.1, 0.15) is 5.75 Å². The van der Waals surface area contributed by atoms with Crippen molar-refractivity contribution in [2.75, 3.05) is 34.8 Å². The molecular weight excluding hydrogens is 364 g/mol. The molecule has 0 aliphatic carbocycles. The molecule has 0 aliphatic rings. The van der Waals surface area contributed by atoms with Crippen LogP contribution in [0.5, 0.6) is 5.75 Å². The first-order valence-electron chi connectivity index (χ1n) is 9.66. The van der Waals surface area contributed by atoms with Crippen molar-refractivity contribution >= 4 is 11.9 Å². The molecule has 0 aliphatic heterocycles. The second-order valence-corrected chi connectivity index (χ2v) is 7.79. The number of hydrogen-bond donors (Lipinski definition) is 2. The topological polar surface area (TPSA) is 66.0 Å². The largest absolute Gasteiger partial charge is 0.497 e. The Morgan fingerprint density at radius 1 is 1.03 bits per heavy atom. The van der Waals surface area contributed by atoms with Gasteiger partial charge in [-0.1, -0.05) is 38.1 Å². The summed E-state index contributed by atoms with van der Waals surface area (Å²) in [4.78, 5) is 17.9. The van der Waals surface area contributed by atoms with Gasteiger partial charge in [0.05, 0.1) is 7.11 Å². The average molecular weight is 397 g/mol. The van der Waals surface area contributed by atoms with Gasteiger partial charge in [-0.15, -0.1) is 0 Å². The summed E-state index contributed by atoms with van der Waals surface area (Å²) in [7, 11) is 6.93. The Morgan fingerprint density at radius 2 is 1.66 bits per heavy atom. The molecule has 156 valence electrons. The maximum Gasteiger partial charge on any atom is 0.253 e. The summed E-state index contributed by atoms with van der Waals surface area (Å²) in [5, 5.41) is 6.72. The van der Waals surface area contributed by atoms with Crippen LogP contribution in [0.1, 0.15) is 35.3 Å². The van der Waals surface area contributed by atoms with Crippen LogP contribution in [0.25, 0.3) is 0 Å². The van der Waals surface area contributed by atoms with Crippen LogP contribution < -0.4 is 15.4 Å². The SMILES string of the molecule is CN=C(NCc1ccc(C(=O)N(C)C)cc1)NCC(C)(C)c1ccc(OC)cc1. The van der Waals surface area contributed by atoms with Gasteiger partial charge in [-0.25, -0.2) is 0 Å². The number of hydrogen-bond acceptors (Lipinski definition) is 3. The third kappa shape index (κ3) is 6.24. The Bertz CT molecular complexity index is 825. The van der Waals surface area contributed by atoms with Crippen LogP contribution in [0.3, 0.4) is 0 Å². The summed E-state index contributed by atoms with van der Waals surface area (Å²) in [5.74, 6) is 1.59. The van der Waals surface area contributed by atoms with Gasteiger partial charge < -0.3 is 20.3 Å². The first-order valence-corrected chi connectivity index (χ1v) is 9.66. The highest BCUT2D eigenvalue weighted by Gasteiger charge is 2.21. The summed E-state index contributed by atoms with van der Waals surface area (Å²) in [6.45, 7) is 5.74. The molecule has 0 radical (unpaired) electrons. The fourth-order valence-electron chi connectivity index (χ4n) is 2.88. The van der Waals surface area contributed by atoms with Gasteiger partial charge in [0.15, 0.2) is 5.96 Å². The van der Waals surface area contributed by atoms with E-state index in [4.69, 9.17) is 4.74 Å². The minimum atomic E-state index is -0.0713. The van der Waals surface area contributed by atoms with Crippen LogP contribution >= 0.6 is 0 Å². The van der Waals surface area contributed by atoms with Crippen molar-refractivity contribution in [3.63, 3.8) is 0 Å². The number of methoxy groups -OCH3 is 1. The molecule has 2 aromatic rings. The zero-order valence-corrected chi connectivity index (χ0v) is 18.2. The van der Waals surface area contributed by atoms with E-state index in [1.54, 1.807) is 33.2 Å². The number of rotatable bonds is 7. The molecule has 0 heterocycles. The zero-order chi connectivity index (χ0) is 21.4. The molecule has 0 atom stereocenters. The molecule has 0 aromatic heterocycles. The van der Waals surface area contributed by atoms with Gasteiger partial charge in [0, 0.05) is 45.2 Å². The fourth-order valence-corrected chi connectivity index (χ4v) is 2.88. The van der Waals surface area contributed by atoms with E-state index in [9.17, 15) is 4.79 Å². The molecule has 0 spiro atoms. The van der Waals surface area contributed by atoms with Crippen LogP contribution in [0, 0.1) is 0 Å². The van der Waals surface area contributed by atoms with Crippen molar-refractivity contribution in [1.82, 2.24) is 15.5 Å². The summed E-state index contributed by atoms with van der Waals surface area (Å²) in [6.07, 6.45) is 0. The van der Waals surface area contributed by atoms with Crippen molar-refractivity contribution in [2.45, 2.75) is 25.8 Å². The molecule has 2 rings (SSSR count). The van der Waals surface area contributed by atoms with Crippen molar-refractivity contribution < 1.29 is 9.53 Å². The lowest BCUT2D eigenvalue weighted by Crippen LogP contribution is -2.43. The molecule has 6 nitrogen and oxygen atoms in total. The number of carbonyl (C=O) groups is 1. The summed E-state index contributed by atoms with van der Waals surface area (Å²) < 4.78 is 5.24. The highest BCUT2D eigenvalue weighted by Crippen LogP contribution is 2.24. The van der Waals surface area contributed by atoms with Gasteiger partial charge in [-0.3, -0.25) is 9.79 Å². The first-order chi connectivity index (χ1) is 13.8. The molecule has 0 fully saturated rings. The van der Waals surface area contributed by atoms with Gasteiger partial charge in [0.2, 0.25) is 0 Å². The van der Waals surface area contributed by atoms with E-state index in [1.165, 1.54) is 5.56 Å². The molecule has 2 N–H and O–H groups in total. The van der Waals surface area contributed by atoms with Gasteiger partial charge in [-0.2, -0.15) is 0 Å². The van der Waals surface area contributed by atoms with Crippen LogP contribution in [-0.2, 0) is 12.0 Å². The Hall–Kier alpha value is -3.02. The molecule has 0 unspecified atom stereocenters. The third-order valence-electron chi connectivity index (χ3n) is 4.86. The summed E-state index contributed by atoms with van der Waals surface area (Å²) in [5.41, 5.74) is 2.92. The van der Waals surface area contributed by atoms with E-state index in [2.05, 4.69) is 41.6 Å². The number of nitrogens with one attached hydrogen (secondary N) is 2. The molecule has 2 aromatic carbocycles. The van der Waals surface area contributed by atoms with Crippen molar-refractivity contribution in [3.05, 3.63) is 65.2 Å². The minimum absolute atomic E-state index is 0.00255. The van der Waals surface area contributed by atoms with E-state index in [0.717, 1.165) is 23.8 Å². The zero-order valence-electron chi connectivity index (χ0n) is 18.2. The standard InChI is InChI=1S/C23H32N4O2/c1-23(2,19-11-13-20(29-6)14-12-19)16-26-22(24-3)25-15-17-7-9-18(10-8-17)21(28)27(4)5/h7-14H,15-16H2,1-6H3,(H2,24,25,26). The number of aliphatic imine (C=N–C) groups is 1. The van der Waals surface area contributed by atoms with E-state index in [1.807, 2.05) is 36.4 Å². The highest BCUT2D eigenvalue weighted by molar-refractivity contribution is 5.93. The number of ether oxygens (including phenoxy) is 1. The molecule has 0 bridgehead atoms. The lowest BCUT2D eigenvalue weighted by molar-refractivity contribution is 0.0827. The normalized spacial score (nSPS) is 11.7. The Morgan fingerprint density at radius 3 is 2.17 bits per heavy atom. The predicted octanol–water partition coefficient (Wildman–Crippen LogP) is 3.04. The number of nitrogens with zero attached hydrogens (tertiary/aromatic N) is 2. The van der Waals surface area contributed by atoms with Crippen LogP contribution in [0.4, 0.5) is 0 Å². The van der Waals surface area contributed by atoms with Crippen molar-refractivity contribution in [1.29, 1.82) is 0 Å². The number of guanidine groups is 1. The summed E-state index contributed by atoms with van der Waals surface area (Å²) >= 11 is 0. The van der Waals surface area contributed by atoms with Gasteiger partial charge in [-0.05, 0) is 35.4 Å². The Kier molecular flexibility index (Phi) is 7.65. The van der Waals surface area contributed by atoms with E-state index in [0.29, 0.717) is 12.1 Å². The molecule has 0 saturated heterocycles. The molecule has 1 amide bonds. The second kappa shape index (κ2) is 9.96. The smallest absolute Gasteiger partial charge is 0.253 e. The van der Waals surface area contributed by atoms with E-state index in [-0.39, 0.29) is 11.3 Å². The Labute approximate surface area is 174 Å². The maximum absolute atomic E-state index is 12.0. The van der Waals surface area contributed by atoms with E-state index < -0.39 is 0 Å². The quantitative estimate of drug-likeness (QED) is 0.558. The second-order valence-electron chi connectivity index (χ2n) is 7.79. The minimum Gasteiger partial charge on any atom is -0.497 e. The monoisotopic (exact) mass is 396 g/mol. The number of carbonyl (C=O) groups excluding carboxylic acids is 1. The van der Waals surface area contributed by atoms with Crippen molar-refractivity contribution in [3.8, 4) is 5.75 Å². The maximum atomic E-state index is 12.0. The first kappa shape index (κ1) is 22.3. The lowest BCUT2D eigenvalue weighted by atomic mass is 9.84. The van der Waals surface area contributed by atoms with Gasteiger partial charge >= 0.3 is 0 Å². The summed E-state index contributed by atoms with van der Waals surface area (Å²) in [6, 6.07) is 15.8. The average Bonchev–Trinajstić information content (AvgIpc) is 2.73.